The summed E-state index contributed by atoms with van der Waals surface area (Å²) < 4.78 is 13.2. The lowest BCUT2D eigenvalue weighted by atomic mass is 9.95. The van der Waals surface area contributed by atoms with Gasteiger partial charge in [-0.05, 0) is 61.1 Å². The van der Waals surface area contributed by atoms with Crippen LogP contribution in [0, 0.1) is 11.7 Å². The van der Waals surface area contributed by atoms with Crippen molar-refractivity contribution in [3.8, 4) is 0 Å². The number of nitrogens with zero attached hydrogens (tertiary/aromatic N) is 1. The van der Waals surface area contributed by atoms with E-state index in [1.165, 1.54) is 12.1 Å². The molecule has 2 aromatic rings. The average molecular weight is 366 g/mol. The zero-order valence-electron chi connectivity index (χ0n) is 15.4. The Kier molecular flexibility index (Phi) is 4.68. The van der Waals surface area contributed by atoms with E-state index in [4.69, 9.17) is 0 Å². The first kappa shape index (κ1) is 17.7. The highest BCUT2D eigenvalue weighted by molar-refractivity contribution is 6.00. The number of hydrogen-bond acceptors (Lipinski definition) is 2. The van der Waals surface area contributed by atoms with Crippen LogP contribution in [0.25, 0.3) is 0 Å². The highest BCUT2D eigenvalue weighted by Gasteiger charge is 2.36. The fourth-order valence-corrected chi connectivity index (χ4v) is 3.73. The number of rotatable bonds is 5. The fraction of sp³-hybridized carbons (Fsp3) is 0.364. The molecule has 2 aromatic carbocycles. The van der Waals surface area contributed by atoms with Crippen LogP contribution in [-0.2, 0) is 16.0 Å². The van der Waals surface area contributed by atoms with Crippen LogP contribution < -0.4 is 10.2 Å². The molecule has 1 saturated carbocycles. The van der Waals surface area contributed by atoms with E-state index in [2.05, 4.69) is 5.32 Å². The molecule has 1 atom stereocenters. The van der Waals surface area contributed by atoms with Gasteiger partial charge in [0.1, 0.15) is 5.82 Å². The number of nitrogens with one attached hydrogen (secondary N) is 1. The van der Waals surface area contributed by atoms with E-state index in [1.54, 1.807) is 12.1 Å². The molecule has 4 rings (SSSR count). The lowest BCUT2D eigenvalue weighted by Gasteiger charge is -2.19. The van der Waals surface area contributed by atoms with Gasteiger partial charge < -0.3 is 10.2 Å². The third kappa shape index (κ3) is 3.59. The van der Waals surface area contributed by atoms with Crippen LogP contribution in [0.2, 0.25) is 0 Å². The molecule has 2 aliphatic rings. The van der Waals surface area contributed by atoms with Gasteiger partial charge >= 0.3 is 0 Å². The maximum atomic E-state index is 13.2. The van der Waals surface area contributed by atoms with Crippen LogP contribution in [0.1, 0.15) is 43.2 Å². The van der Waals surface area contributed by atoms with Crippen LogP contribution >= 0.6 is 0 Å². The Morgan fingerprint density at radius 1 is 1.19 bits per heavy atom. The summed E-state index contributed by atoms with van der Waals surface area (Å²) in [6.07, 6.45) is 3.44. The van der Waals surface area contributed by atoms with Crippen LogP contribution in [0.4, 0.5) is 15.8 Å². The zero-order chi connectivity index (χ0) is 19.0. The van der Waals surface area contributed by atoms with Crippen LogP contribution in [-0.4, -0.2) is 18.4 Å². The number of fused-ring (bicyclic) bond motifs is 1. The molecule has 27 heavy (non-hydrogen) atoms. The molecule has 1 fully saturated rings. The lowest BCUT2D eigenvalue weighted by molar-refractivity contribution is -0.119. The summed E-state index contributed by atoms with van der Waals surface area (Å²) in [5, 5.41) is 2.97. The Morgan fingerprint density at radius 3 is 2.59 bits per heavy atom. The first-order chi connectivity index (χ1) is 13.1. The summed E-state index contributed by atoms with van der Waals surface area (Å²) in [5.74, 6) is -0.398. The van der Waals surface area contributed by atoms with Gasteiger partial charge in [0.25, 0.3) is 0 Å². The van der Waals surface area contributed by atoms with Crippen molar-refractivity contribution in [1.29, 1.82) is 0 Å². The van der Waals surface area contributed by atoms with Gasteiger partial charge in [0, 0.05) is 23.8 Å². The molecule has 4 nitrogen and oxygen atoms in total. The van der Waals surface area contributed by atoms with Crippen molar-refractivity contribution in [1.82, 2.24) is 0 Å². The molecule has 1 heterocycles. The summed E-state index contributed by atoms with van der Waals surface area (Å²) in [4.78, 5) is 27.1. The molecule has 0 bridgehead atoms. The number of carbonyl (C=O) groups excluding carboxylic acids is 2. The normalized spacial score (nSPS) is 16.7. The Labute approximate surface area is 158 Å². The molecule has 2 amide bonds. The Bertz CT molecular complexity index is 874. The maximum Gasteiger partial charge on any atom is 0.231 e. The SMILES string of the molecule is CCC(C(=O)Nc1ccc2c(c1)N(C(=O)C1CC1)CC2)c1ccc(F)cc1. The Balaban J connectivity index is 1.52. The summed E-state index contributed by atoms with van der Waals surface area (Å²) in [5.41, 5.74) is 3.55. The molecule has 0 aromatic heterocycles. The predicted molar refractivity (Wildman–Crippen MR) is 103 cm³/mol. The van der Waals surface area contributed by atoms with Crippen molar-refractivity contribution >= 4 is 23.2 Å². The van der Waals surface area contributed by atoms with Crippen molar-refractivity contribution < 1.29 is 14.0 Å². The minimum absolute atomic E-state index is 0.123. The van der Waals surface area contributed by atoms with Crippen molar-refractivity contribution in [2.45, 2.75) is 38.5 Å². The minimum Gasteiger partial charge on any atom is -0.325 e. The number of carbonyl (C=O) groups is 2. The standard InChI is InChI=1S/C22H23FN2O2/c1-2-19(14-5-8-17(23)9-6-14)21(26)24-18-10-7-15-11-12-25(20(15)13-18)22(27)16-3-4-16/h5-10,13,16,19H,2-4,11-12H2,1H3,(H,24,26). The van der Waals surface area contributed by atoms with Crippen molar-refractivity contribution in [3.63, 3.8) is 0 Å². The molecular weight excluding hydrogens is 343 g/mol. The maximum absolute atomic E-state index is 13.2. The summed E-state index contributed by atoms with van der Waals surface area (Å²) in [6, 6.07) is 11.8. The summed E-state index contributed by atoms with van der Waals surface area (Å²) in [6.45, 7) is 2.65. The van der Waals surface area contributed by atoms with Crippen molar-refractivity contribution in [2.75, 3.05) is 16.8 Å². The average Bonchev–Trinajstić information content (AvgIpc) is 3.43. The molecule has 1 aliphatic carbocycles. The Morgan fingerprint density at radius 2 is 1.93 bits per heavy atom. The van der Waals surface area contributed by atoms with Gasteiger partial charge in [-0.25, -0.2) is 4.39 Å². The molecule has 5 heteroatoms. The first-order valence-corrected chi connectivity index (χ1v) is 9.57. The second kappa shape index (κ2) is 7.14. The van der Waals surface area contributed by atoms with Gasteiger partial charge in [-0.2, -0.15) is 0 Å². The zero-order valence-corrected chi connectivity index (χ0v) is 15.4. The number of amides is 2. The van der Waals surface area contributed by atoms with Gasteiger partial charge in [-0.1, -0.05) is 25.1 Å². The second-order valence-corrected chi connectivity index (χ2v) is 7.36. The van der Waals surface area contributed by atoms with Gasteiger partial charge in [0.05, 0.1) is 5.92 Å². The minimum atomic E-state index is -0.344. The highest BCUT2D eigenvalue weighted by atomic mass is 19.1. The van der Waals surface area contributed by atoms with E-state index in [-0.39, 0.29) is 29.5 Å². The van der Waals surface area contributed by atoms with Crippen molar-refractivity contribution in [3.05, 3.63) is 59.4 Å². The van der Waals surface area contributed by atoms with Gasteiger partial charge in [-0.3, -0.25) is 9.59 Å². The van der Waals surface area contributed by atoms with E-state index in [1.807, 2.05) is 30.0 Å². The van der Waals surface area contributed by atoms with E-state index in [9.17, 15) is 14.0 Å². The number of hydrogen-bond donors (Lipinski definition) is 1. The van der Waals surface area contributed by atoms with E-state index < -0.39 is 0 Å². The van der Waals surface area contributed by atoms with Crippen LogP contribution in [0.15, 0.2) is 42.5 Å². The molecule has 1 aliphatic heterocycles. The first-order valence-electron chi connectivity index (χ1n) is 9.57. The molecular formula is C22H23FN2O2. The summed E-state index contributed by atoms with van der Waals surface area (Å²) >= 11 is 0. The van der Waals surface area contributed by atoms with Crippen LogP contribution in [0.5, 0.6) is 0 Å². The topological polar surface area (TPSA) is 49.4 Å². The van der Waals surface area contributed by atoms with Crippen molar-refractivity contribution in [2.24, 2.45) is 5.92 Å². The molecule has 1 unspecified atom stereocenters. The predicted octanol–water partition coefficient (Wildman–Crippen LogP) is 4.26. The van der Waals surface area contributed by atoms with E-state index >= 15 is 0 Å². The molecule has 1 N–H and O–H groups in total. The van der Waals surface area contributed by atoms with Gasteiger partial charge in [-0.15, -0.1) is 0 Å². The fourth-order valence-electron chi connectivity index (χ4n) is 3.73. The van der Waals surface area contributed by atoms with Gasteiger partial charge in [0.15, 0.2) is 0 Å². The molecule has 0 radical (unpaired) electrons. The van der Waals surface area contributed by atoms with E-state index in [0.717, 1.165) is 42.6 Å². The van der Waals surface area contributed by atoms with Crippen LogP contribution in [0.3, 0.4) is 0 Å². The number of halogens is 1. The molecule has 140 valence electrons. The third-order valence-electron chi connectivity index (χ3n) is 5.44. The largest absolute Gasteiger partial charge is 0.325 e. The quantitative estimate of drug-likeness (QED) is 0.860. The van der Waals surface area contributed by atoms with Gasteiger partial charge in [0.2, 0.25) is 11.8 Å². The Hall–Kier alpha value is -2.69. The second-order valence-electron chi connectivity index (χ2n) is 7.36. The number of benzene rings is 2. The molecule has 0 spiro atoms. The molecule has 0 saturated heterocycles. The van der Waals surface area contributed by atoms with E-state index in [0.29, 0.717) is 12.1 Å². The smallest absolute Gasteiger partial charge is 0.231 e. The third-order valence-corrected chi connectivity index (χ3v) is 5.44. The summed E-state index contributed by atoms with van der Waals surface area (Å²) in [7, 11) is 0. The lowest BCUT2D eigenvalue weighted by Crippen LogP contribution is -2.30. The monoisotopic (exact) mass is 366 g/mol. The number of anilines is 2. The highest BCUT2D eigenvalue weighted by Crippen LogP contribution is 2.37.